The number of aromatic amines is 1. The van der Waals surface area contributed by atoms with E-state index in [9.17, 15) is 0 Å². The molecule has 0 amide bonds. The van der Waals surface area contributed by atoms with E-state index in [1.165, 1.54) is 11.1 Å². The first-order valence-corrected chi connectivity index (χ1v) is 6.31. The lowest BCUT2D eigenvalue weighted by molar-refractivity contribution is 0.699. The van der Waals surface area contributed by atoms with Crippen LogP contribution in [0.1, 0.15) is 30.3 Å². The van der Waals surface area contributed by atoms with Crippen LogP contribution in [0.5, 0.6) is 0 Å². The molecule has 90 valence electrons. The van der Waals surface area contributed by atoms with Gasteiger partial charge in [0.2, 0.25) is 0 Å². The maximum absolute atomic E-state index is 5.26. The van der Waals surface area contributed by atoms with Gasteiger partial charge in [-0.3, -0.25) is 9.67 Å². The zero-order chi connectivity index (χ0) is 12.3. The van der Waals surface area contributed by atoms with E-state index in [2.05, 4.69) is 52.9 Å². The molecule has 0 saturated heterocycles. The Morgan fingerprint density at radius 2 is 2.24 bits per heavy atom. The number of aryl methyl sites for hydroxylation is 2. The molecular formula is C13H17N3S. The van der Waals surface area contributed by atoms with Gasteiger partial charge in [-0.05, 0) is 31.1 Å². The minimum atomic E-state index is 0.704. The molecule has 1 aromatic heterocycles. The van der Waals surface area contributed by atoms with Crippen molar-refractivity contribution in [1.82, 2.24) is 14.8 Å². The summed E-state index contributed by atoms with van der Waals surface area (Å²) in [6, 6.07) is 8.49. The van der Waals surface area contributed by atoms with Gasteiger partial charge in [-0.15, -0.1) is 0 Å². The first-order chi connectivity index (χ1) is 8.20. The quantitative estimate of drug-likeness (QED) is 0.841. The Balaban J connectivity index is 2.29. The summed E-state index contributed by atoms with van der Waals surface area (Å²) in [5.74, 6) is 1.04. The first-order valence-electron chi connectivity index (χ1n) is 5.90. The van der Waals surface area contributed by atoms with Gasteiger partial charge in [0.1, 0.15) is 5.82 Å². The zero-order valence-corrected chi connectivity index (χ0v) is 11.0. The minimum Gasteiger partial charge on any atom is -0.300 e. The van der Waals surface area contributed by atoms with Gasteiger partial charge in [-0.25, -0.2) is 0 Å². The molecule has 0 aliphatic rings. The zero-order valence-electron chi connectivity index (χ0n) is 10.2. The number of benzene rings is 1. The second-order valence-electron chi connectivity index (χ2n) is 4.27. The van der Waals surface area contributed by atoms with Crippen LogP contribution in [0, 0.1) is 11.7 Å². The summed E-state index contributed by atoms with van der Waals surface area (Å²) < 4.78 is 2.78. The molecule has 0 spiro atoms. The van der Waals surface area contributed by atoms with E-state index < -0.39 is 0 Å². The molecule has 2 aromatic rings. The Kier molecular flexibility index (Phi) is 3.74. The van der Waals surface area contributed by atoms with Crippen molar-refractivity contribution in [2.24, 2.45) is 0 Å². The molecule has 3 nitrogen and oxygen atoms in total. The fourth-order valence-electron chi connectivity index (χ4n) is 1.92. The Morgan fingerprint density at radius 3 is 2.94 bits per heavy atom. The first kappa shape index (κ1) is 12.0. The molecule has 0 radical (unpaired) electrons. The molecule has 1 N–H and O–H groups in total. The highest BCUT2D eigenvalue weighted by Gasteiger charge is 2.05. The van der Waals surface area contributed by atoms with Crippen molar-refractivity contribution in [3.8, 4) is 0 Å². The fourth-order valence-corrected chi connectivity index (χ4v) is 2.14. The molecule has 17 heavy (non-hydrogen) atoms. The van der Waals surface area contributed by atoms with Crippen molar-refractivity contribution in [2.45, 2.75) is 33.2 Å². The lowest BCUT2D eigenvalue weighted by Crippen LogP contribution is -2.05. The Bertz CT molecular complexity index is 554. The van der Waals surface area contributed by atoms with Crippen LogP contribution in [-0.4, -0.2) is 14.8 Å². The van der Waals surface area contributed by atoms with Crippen LogP contribution in [0.25, 0.3) is 0 Å². The molecule has 0 atom stereocenters. The minimum absolute atomic E-state index is 0.704. The Morgan fingerprint density at radius 1 is 1.41 bits per heavy atom. The van der Waals surface area contributed by atoms with Crippen molar-refractivity contribution >= 4 is 12.2 Å². The lowest BCUT2D eigenvalue weighted by atomic mass is 10.1. The normalized spacial score (nSPS) is 10.7. The lowest BCUT2D eigenvalue weighted by Gasteiger charge is -2.06. The predicted octanol–water partition coefficient (Wildman–Crippen LogP) is 3.25. The second kappa shape index (κ2) is 5.27. The molecule has 0 saturated carbocycles. The highest BCUT2D eigenvalue weighted by atomic mass is 32.1. The number of H-pyrrole nitrogens is 1. The summed E-state index contributed by atoms with van der Waals surface area (Å²) >= 11 is 5.26. The number of rotatable bonds is 4. The van der Waals surface area contributed by atoms with E-state index in [0.717, 1.165) is 25.2 Å². The predicted molar refractivity (Wildman–Crippen MR) is 71.7 cm³/mol. The molecule has 1 heterocycles. The average Bonchev–Trinajstić information content (AvgIpc) is 2.62. The molecule has 0 unspecified atom stereocenters. The van der Waals surface area contributed by atoms with Crippen molar-refractivity contribution in [2.75, 3.05) is 0 Å². The molecular weight excluding hydrogens is 230 g/mol. The fraction of sp³-hybridized carbons (Fsp3) is 0.385. The topological polar surface area (TPSA) is 33.6 Å². The van der Waals surface area contributed by atoms with E-state index in [0.29, 0.717) is 4.77 Å². The van der Waals surface area contributed by atoms with Crippen LogP contribution in [0.15, 0.2) is 24.3 Å². The van der Waals surface area contributed by atoms with Crippen molar-refractivity contribution in [3.05, 3.63) is 46.0 Å². The van der Waals surface area contributed by atoms with Gasteiger partial charge in [0.25, 0.3) is 0 Å². The van der Waals surface area contributed by atoms with Gasteiger partial charge in [-0.2, -0.15) is 5.10 Å². The summed E-state index contributed by atoms with van der Waals surface area (Å²) in [6.07, 6.45) is 2.03. The second-order valence-corrected chi connectivity index (χ2v) is 4.66. The van der Waals surface area contributed by atoms with E-state index in [4.69, 9.17) is 12.2 Å². The van der Waals surface area contributed by atoms with Crippen LogP contribution in [0.3, 0.4) is 0 Å². The smallest absolute Gasteiger partial charge is 0.195 e. The molecule has 0 aliphatic carbocycles. The summed E-state index contributed by atoms with van der Waals surface area (Å²) in [5.41, 5.74) is 2.54. The highest BCUT2D eigenvalue weighted by Crippen LogP contribution is 2.09. The van der Waals surface area contributed by atoms with Crippen LogP contribution in [0.4, 0.5) is 0 Å². The van der Waals surface area contributed by atoms with E-state index in [1.54, 1.807) is 0 Å². The van der Waals surface area contributed by atoms with Gasteiger partial charge in [0.05, 0.1) is 6.54 Å². The number of aromatic nitrogens is 3. The summed E-state index contributed by atoms with van der Waals surface area (Å²) in [6.45, 7) is 5.05. The van der Waals surface area contributed by atoms with Crippen molar-refractivity contribution in [1.29, 1.82) is 0 Å². The summed E-state index contributed by atoms with van der Waals surface area (Å²) in [7, 11) is 0. The summed E-state index contributed by atoms with van der Waals surface area (Å²) in [5, 5.41) is 7.14. The van der Waals surface area contributed by atoms with E-state index in [-0.39, 0.29) is 0 Å². The number of hydrogen-bond donors (Lipinski definition) is 1. The number of nitrogens with zero attached hydrogens (tertiary/aromatic N) is 2. The van der Waals surface area contributed by atoms with Gasteiger partial charge in [-0.1, -0.05) is 36.8 Å². The van der Waals surface area contributed by atoms with Crippen LogP contribution >= 0.6 is 12.2 Å². The van der Waals surface area contributed by atoms with Crippen LogP contribution in [-0.2, 0) is 13.0 Å². The highest BCUT2D eigenvalue weighted by molar-refractivity contribution is 7.71. The average molecular weight is 247 g/mol. The molecule has 0 fully saturated rings. The standard InChI is InChI=1S/C13H17N3S/c1-3-5-12-14-15-13(17)16(12)9-11-7-4-6-10(2)8-11/h4,6-8H,3,5,9H2,1-2H3,(H,15,17). The third-order valence-electron chi connectivity index (χ3n) is 2.73. The third-order valence-corrected chi connectivity index (χ3v) is 3.05. The maximum atomic E-state index is 5.26. The molecule has 2 rings (SSSR count). The largest absolute Gasteiger partial charge is 0.300 e. The monoisotopic (exact) mass is 247 g/mol. The third kappa shape index (κ3) is 2.82. The Hall–Kier alpha value is -1.42. The SMILES string of the molecule is CCCc1n[nH]c(=S)n1Cc1cccc(C)c1. The van der Waals surface area contributed by atoms with Gasteiger partial charge in [0, 0.05) is 6.42 Å². The molecule has 4 heteroatoms. The number of nitrogens with one attached hydrogen (secondary N) is 1. The number of hydrogen-bond acceptors (Lipinski definition) is 2. The molecule has 0 aliphatic heterocycles. The van der Waals surface area contributed by atoms with Gasteiger partial charge < -0.3 is 0 Å². The van der Waals surface area contributed by atoms with Gasteiger partial charge in [0.15, 0.2) is 4.77 Å². The van der Waals surface area contributed by atoms with Gasteiger partial charge >= 0.3 is 0 Å². The van der Waals surface area contributed by atoms with E-state index in [1.807, 2.05) is 0 Å². The van der Waals surface area contributed by atoms with Crippen molar-refractivity contribution in [3.63, 3.8) is 0 Å². The van der Waals surface area contributed by atoms with E-state index >= 15 is 0 Å². The molecule has 0 bridgehead atoms. The Labute approximate surface area is 106 Å². The van der Waals surface area contributed by atoms with Crippen LogP contribution < -0.4 is 0 Å². The summed E-state index contributed by atoms with van der Waals surface area (Å²) in [4.78, 5) is 0. The van der Waals surface area contributed by atoms with Crippen LogP contribution in [0.2, 0.25) is 0 Å². The maximum Gasteiger partial charge on any atom is 0.195 e. The van der Waals surface area contributed by atoms with Crippen molar-refractivity contribution < 1.29 is 0 Å². The molecule has 1 aromatic carbocycles.